The maximum atomic E-state index is 11.0. The Morgan fingerprint density at radius 3 is 1.67 bits per heavy atom. The highest BCUT2D eigenvalue weighted by molar-refractivity contribution is 6.74. The molecule has 2 aliphatic heterocycles. The van der Waals surface area contributed by atoms with Crippen LogP contribution in [0.3, 0.4) is 0 Å². The zero-order valence-corrected chi connectivity index (χ0v) is 27.1. The summed E-state index contributed by atoms with van der Waals surface area (Å²) >= 11 is 0. The van der Waals surface area contributed by atoms with Crippen LogP contribution in [0.5, 0.6) is 0 Å². The molecule has 0 aliphatic carbocycles. The zero-order valence-electron chi connectivity index (χ0n) is 26.1. The highest BCUT2D eigenvalue weighted by Gasteiger charge is 2.42. The molecule has 2 fully saturated rings. The molecular formula is C29H56O9Si. The van der Waals surface area contributed by atoms with Gasteiger partial charge in [0.25, 0.3) is 0 Å². The van der Waals surface area contributed by atoms with Gasteiger partial charge >= 0.3 is 5.97 Å². The van der Waals surface area contributed by atoms with Crippen molar-refractivity contribution < 1.29 is 43.1 Å². The maximum absolute atomic E-state index is 11.0. The molecule has 2 heterocycles. The van der Waals surface area contributed by atoms with Crippen molar-refractivity contribution in [2.75, 3.05) is 13.2 Å². The van der Waals surface area contributed by atoms with Crippen LogP contribution in [0.4, 0.5) is 0 Å². The molecule has 9 nitrogen and oxygen atoms in total. The second-order valence-electron chi connectivity index (χ2n) is 13.8. The molecular weight excluding hydrogens is 520 g/mol. The third kappa shape index (κ3) is 12.4. The number of esters is 1. The minimum atomic E-state index is -1.84. The van der Waals surface area contributed by atoms with E-state index in [2.05, 4.69) is 33.9 Å². The summed E-state index contributed by atoms with van der Waals surface area (Å²) < 4.78 is 36.0. The van der Waals surface area contributed by atoms with E-state index in [1.165, 1.54) is 6.92 Å². The summed E-state index contributed by atoms with van der Waals surface area (Å²) in [5.74, 6) is -1.91. The molecule has 230 valence electrons. The van der Waals surface area contributed by atoms with Gasteiger partial charge in [0.2, 0.25) is 0 Å². The van der Waals surface area contributed by atoms with Crippen molar-refractivity contribution >= 4 is 14.3 Å². The molecule has 2 saturated heterocycles. The highest BCUT2D eigenvalue weighted by Crippen LogP contribution is 2.38. The first-order valence-electron chi connectivity index (χ1n) is 14.6. The van der Waals surface area contributed by atoms with Crippen LogP contribution in [0.1, 0.15) is 100 Å². The van der Waals surface area contributed by atoms with Crippen LogP contribution in [-0.2, 0) is 32.9 Å². The average molecular weight is 577 g/mol. The molecule has 0 aromatic carbocycles. The van der Waals surface area contributed by atoms with Crippen molar-refractivity contribution in [1.29, 1.82) is 0 Å². The highest BCUT2D eigenvalue weighted by atomic mass is 28.4. The average Bonchev–Trinajstić information content (AvgIpc) is 2.69. The Kier molecular flexibility index (Phi) is 12.5. The molecule has 2 rings (SSSR count). The van der Waals surface area contributed by atoms with Crippen molar-refractivity contribution in [3.05, 3.63) is 0 Å². The van der Waals surface area contributed by atoms with Crippen molar-refractivity contribution in [2.24, 2.45) is 0 Å². The van der Waals surface area contributed by atoms with Gasteiger partial charge in [-0.25, -0.2) is 0 Å². The van der Waals surface area contributed by atoms with Gasteiger partial charge in [0, 0.05) is 39.2 Å². The van der Waals surface area contributed by atoms with Crippen molar-refractivity contribution in [3.63, 3.8) is 0 Å². The number of hydrogen-bond donors (Lipinski definition) is 2. The molecule has 0 spiro atoms. The molecule has 0 saturated carbocycles. The normalized spacial score (nSPS) is 29.0. The Morgan fingerprint density at radius 2 is 1.26 bits per heavy atom. The van der Waals surface area contributed by atoms with Crippen LogP contribution in [-0.4, -0.2) is 85.9 Å². The van der Waals surface area contributed by atoms with Crippen LogP contribution in [0.15, 0.2) is 0 Å². The monoisotopic (exact) mass is 576 g/mol. The lowest BCUT2D eigenvalue weighted by atomic mass is 9.94. The lowest BCUT2D eigenvalue weighted by Crippen LogP contribution is -2.50. The van der Waals surface area contributed by atoms with Crippen LogP contribution < -0.4 is 0 Å². The molecule has 0 unspecified atom stereocenters. The number of carbonyl (C=O) groups excluding carboxylic acids is 1. The fourth-order valence-corrected chi connectivity index (χ4v) is 6.22. The van der Waals surface area contributed by atoms with E-state index in [-0.39, 0.29) is 42.0 Å². The first-order valence-corrected chi connectivity index (χ1v) is 17.5. The Bertz CT molecular complexity index is 764. The van der Waals surface area contributed by atoms with E-state index in [9.17, 15) is 15.0 Å². The van der Waals surface area contributed by atoms with Gasteiger partial charge in [-0.2, -0.15) is 0 Å². The summed E-state index contributed by atoms with van der Waals surface area (Å²) in [5, 5.41) is 21.4. The van der Waals surface area contributed by atoms with Gasteiger partial charge in [0.05, 0.1) is 43.2 Å². The summed E-state index contributed by atoms with van der Waals surface area (Å²) in [6, 6.07) is 0. The molecule has 0 amide bonds. The summed E-state index contributed by atoms with van der Waals surface area (Å²) in [4.78, 5) is 11.0. The maximum Gasteiger partial charge on any atom is 0.302 e. The van der Waals surface area contributed by atoms with Gasteiger partial charge in [0.1, 0.15) is 0 Å². The third-order valence-electron chi connectivity index (χ3n) is 7.93. The molecule has 6 atom stereocenters. The van der Waals surface area contributed by atoms with E-state index in [4.69, 9.17) is 28.1 Å². The summed E-state index contributed by atoms with van der Waals surface area (Å²) in [6.07, 6.45) is 2.23. The first-order chi connectivity index (χ1) is 17.8. The molecule has 0 radical (unpaired) electrons. The third-order valence-corrected chi connectivity index (χ3v) is 12.5. The number of ether oxygens (including phenoxy) is 5. The Hall–Kier alpha value is -0.593. The van der Waals surface area contributed by atoms with Crippen LogP contribution >= 0.6 is 0 Å². The largest absolute Gasteiger partial charge is 0.466 e. The van der Waals surface area contributed by atoms with E-state index in [0.717, 1.165) is 0 Å². The second-order valence-corrected chi connectivity index (χ2v) is 18.6. The van der Waals surface area contributed by atoms with Crippen molar-refractivity contribution in [2.45, 2.75) is 167 Å². The molecule has 2 aliphatic rings. The van der Waals surface area contributed by atoms with E-state index < -0.39 is 32.1 Å². The van der Waals surface area contributed by atoms with Crippen LogP contribution in [0.25, 0.3) is 0 Å². The molecule has 0 aromatic heterocycles. The Balaban J connectivity index is 1.89. The first kappa shape index (κ1) is 34.6. The van der Waals surface area contributed by atoms with Crippen molar-refractivity contribution in [1.82, 2.24) is 0 Å². The summed E-state index contributed by atoms with van der Waals surface area (Å²) in [7, 11) is -1.84. The van der Waals surface area contributed by atoms with E-state index >= 15 is 0 Å². The molecule has 0 aromatic rings. The predicted molar refractivity (Wildman–Crippen MR) is 152 cm³/mol. The van der Waals surface area contributed by atoms with Crippen LogP contribution in [0.2, 0.25) is 18.1 Å². The van der Waals surface area contributed by atoms with Gasteiger partial charge in [-0.1, -0.05) is 20.8 Å². The second kappa shape index (κ2) is 14.0. The van der Waals surface area contributed by atoms with E-state index in [1.54, 1.807) is 0 Å². The predicted octanol–water partition coefficient (Wildman–Crippen LogP) is 5.06. The van der Waals surface area contributed by atoms with Gasteiger partial charge in [-0.3, -0.25) is 4.79 Å². The fourth-order valence-electron chi connectivity index (χ4n) is 5.16. The smallest absolute Gasteiger partial charge is 0.302 e. The molecule has 10 heteroatoms. The fraction of sp³-hybridized carbons (Fsp3) is 0.966. The SMILES string of the molecule is CC(=O)OCC[C@H](O)C[C@H]1C[C@@H](C[C@@H]2C[C@@H](C[C@H](O)CCO[Si](C)(C)C(C)(C)C)OC(C)(C)O2)OC(C)(C)O1. The quantitative estimate of drug-likeness (QED) is 0.229. The molecule has 0 bridgehead atoms. The van der Waals surface area contributed by atoms with Gasteiger partial charge in [0.15, 0.2) is 19.9 Å². The lowest BCUT2D eigenvalue weighted by molar-refractivity contribution is -0.327. The lowest BCUT2D eigenvalue weighted by Gasteiger charge is -2.45. The Labute approximate surface area is 237 Å². The van der Waals surface area contributed by atoms with Crippen molar-refractivity contribution in [3.8, 4) is 0 Å². The number of aliphatic hydroxyl groups excluding tert-OH is 2. The molecule has 39 heavy (non-hydrogen) atoms. The summed E-state index contributed by atoms with van der Waals surface area (Å²) in [6.45, 7) is 20.8. The zero-order chi connectivity index (χ0) is 29.6. The van der Waals surface area contributed by atoms with Gasteiger partial charge in [-0.15, -0.1) is 0 Å². The number of aliphatic hydroxyl groups is 2. The van der Waals surface area contributed by atoms with E-state index in [0.29, 0.717) is 51.6 Å². The Morgan fingerprint density at radius 1 is 0.846 bits per heavy atom. The number of rotatable bonds is 13. The standard InChI is InChI=1S/C29H56O9Si/c1-20(30)33-13-11-21(31)15-23-17-25(37-28(5,6)35-23)19-26-18-24(36-29(7,8)38-26)16-22(32)12-14-34-39(9,10)27(2,3)4/h21-26,31-32H,11-19H2,1-10H3/t21-,22+,23-,24+,25-,26-/m0/s1. The van der Waals surface area contributed by atoms with Gasteiger partial charge in [-0.05, 0) is 65.1 Å². The van der Waals surface area contributed by atoms with E-state index in [1.807, 2.05) is 27.7 Å². The van der Waals surface area contributed by atoms with Gasteiger partial charge < -0.3 is 38.3 Å². The van der Waals surface area contributed by atoms with Crippen LogP contribution in [0, 0.1) is 0 Å². The number of hydrogen-bond acceptors (Lipinski definition) is 9. The topological polar surface area (TPSA) is 113 Å². The minimum Gasteiger partial charge on any atom is -0.466 e. The summed E-state index contributed by atoms with van der Waals surface area (Å²) in [5.41, 5.74) is 0. The molecule has 2 N–H and O–H groups in total. The number of carbonyl (C=O) groups is 1. The minimum absolute atomic E-state index is 0.0946.